The molecule has 2 rings (SSSR count). The molecule has 156 valence electrons. The zero-order chi connectivity index (χ0) is 21.4. The third-order valence-corrected chi connectivity index (χ3v) is 5.88. The fourth-order valence-corrected chi connectivity index (χ4v) is 3.92. The highest BCUT2D eigenvalue weighted by Crippen LogP contribution is 2.18. The van der Waals surface area contributed by atoms with Crippen molar-refractivity contribution in [3.05, 3.63) is 65.2 Å². The van der Waals surface area contributed by atoms with Crippen LogP contribution in [0.25, 0.3) is 0 Å². The van der Waals surface area contributed by atoms with Gasteiger partial charge in [0.1, 0.15) is 6.04 Å². The molecule has 0 unspecified atom stereocenters. The number of sulfonamides is 1. The second kappa shape index (κ2) is 10.2. The quantitative estimate of drug-likeness (QED) is 0.581. The Morgan fingerprint density at radius 1 is 1.07 bits per heavy atom. The molecule has 0 radical (unpaired) electrons. The third kappa shape index (κ3) is 6.40. The van der Waals surface area contributed by atoms with Crippen LogP contribution in [0.5, 0.6) is 0 Å². The Morgan fingerprint density at radius 2 is 1.76 bits per heavy atom. The molecule has 2 aromatic carbocycles. The highest BCUT2D eigenvalue weighted by Gasteiger charge is 2.21. The van der Waals surface area contributed by atoms with Gasteiger partial charge in [0.05, 0.1) is 4.90 Å². The molecule has 0 heterocycles. The zero-order valence-corrected chi connectivity index (χ0v) is 17.7. The van der Waals surface area contributed by atoms with Gasteiger partial charge in [0.15, 0.2) is 0 Å². The molecule has 0 spiro atoms. The van der Waals surface area contributed by atoms with Crippen molar-refractivity contribution in [3.8, 4) is 0 Å². The van der Waals surface area contributed by atoms with Crippen LogP contribution in [0.4, 0.5) is 0 Å². The summed E-state index contributed by atoms with van der Waals surface area (Å²) in [5.74, 6) is -0.798. The summed E-state index contributed by atoms with van der Waals surface area (Å²) in [6, 6.07) is 12.9. The van der Waals surface area contributed by atoms with Crippen molar-refractivity contribution >= 4 is 21.8 Å². The fraction of sp³-hybridized carbons (Fsp3) is 0.333. The van der Waals surface area contributed by atoms with Gasteiger partial charge in [0.2, 0.25) is 15.9 Å². The SMILES string of the molecule is CCCNC(=O)[C@H](C)NC(=O)c1ccc(C)c(S(=O)(=O)NCc2ccccc2)c1. The molecule has 0 aliphatic rings. The minimum absolute atomic E-state index is 0.0316. The van der Waals surface area contributed by atoms with E-state index in [1.165, 1.54) is 12.1 Å². The number of hydrogen-bond donors (Lipinski definition) is 3. The average molecular weight is 418 g/mol. The highest BCUT2D eigenvalue weighted by molar-refractivity contribution is 7.89. The predicted octanol–water partition coefficient (Wildman–Crippen LogP) is 2.12. The Hall–Kier alpha value is -2.71. The van der Waals surface area contributed by atoms with Crippen molar-refractivity contribution < 1.29 is 18.0 Å². The first-order valence-electron chi connectivity index (χ1n) is 9.47. The van der Waals surface area contributed by atoms with Gasteiger partial charge in [0.25, 0.3) is 5.91 Å². The van der Waals surface area contributed by atoms with Crippen LogP contribution >= 0.6 is 0 Å². The van der Waals surface area contributed by atoms with Gasteiger partial charge in [-0.15, -0.1) is 0 Å². The summed E-state index contributed by atoms with van der Waals surface area (Å²) >= 11 is 0. The number of carbonyl (C=O) groups is 2. The van der Waals surface area contributed by atoms with E-state index < -0.39 is 22.0 Å². The molecule has 0 bridgehead atoms. The summed E-state index contributed by atoms with van der Waals surface area (Å²) in [4.78, 5) is 24.5. The highest BCUT2D eigenvalue weighted by atomic mass is 32.2. The number of amides is 2. The van der Waals surface area contributed by atoms with E-state index in [-0.39, 0.29) is 22.9 Å². The van der Waals surface area contributed by atoms with Gasteiger partial charge in [-0.1, -0.05) is 43.3 Å². The predicted molar refractivity (Wildman–Crippen MR) is 112 cm³/mol. The van der Waals surface area contributed by atoms with Crippen molar-refractivity contribution in [3.63, 3.8) is 0 Å². The molecule has 0 aliphatic heterocycles. The summed E-state index contributed by atoms with van der Waals surface area (Å²) in [7, 11) is -3.81. The zero-order valence-electron chi connectivity index (χ0n) is 16.9. The van der Waals surface area contributed by atoms with Crippen LogP contribution in [0.15, 0.2) is 53.4 Å². The first-order valence-corrected chi connectivity index (χ1v) is 11.0. The Labute approximate surface area is 172 Å². The number of aryl methyl sites for hydroxylation is 1. The molecule has 0 saturated heterocycles. The van der Waals surface area contributed by atoms with E-state index in [2.05, 4.69) is 15.4 Å². The largest absolute Gasteiger partial charge is 0.354 e. The maximum atomic E-state index is 12.7. The molecule has 8 heteroatoms. The molecule has 3 N–H and O–H groups in total. The van der Waals surface area contributed by atoms with Crippen LogP contribution in [-0.2, 0) is 21.4 Å². The smallest absolute Gasteiger partial charge is 0.251 e. The number of nitrogens with one attached hydrogen (secondary N) is 3. The molecule has 1 atom stereocenters. The van der Waals surface area contributed by atoms with Gasteiger partial charge in [0, 0.05) is 18.7 Å². The number of carbonyl (C=O) groups excluding carboxylic acids is 2. The average Bonchev–Trinajstić information content (AvgIpc) is 2.71. The number of hydrogen-bond acceptors (Lipinski definition) is 4. The van der Waals surface area contributed by atoms with Crippen LogP contribution in [-0.4, -0.2) is 32.8 Å². The molecule has 0 fully saturated rings. The van der Waals surface area contributed by atoms with E-state index in [1.54, 1.807) is 19.9 Å². The maximum absolute atomic E-state index is 12.7. The number of benzene rings is 2. The van der Waals surface area contributed by atoms with E-state index in [0.29, 0.717) is 12.1 Å². The Balaban J connectivity index is 2.13. The summed E-state index contributed by atoms with van der Waals surface area (Å²) < 4.78 is 28.0. The summed E-state index contributed by atoms with van der Waals surface area (Å²) in [5.41, 5.74) is 1.52. The number of rotatable bonds is 9. The molecule has 0 saturated carbocycles. The minimum atomic E-state index is -3.81. The summed E-state index contributed by atoms with van der Waals surface area (Å²) in [5, 5.41) is 5.30. The topological polar surface area (TPSA) is 104 Å². The van der Waals surface area contributed by atoms with E-state index in [4.69, 9.17) is 0 Å². The van der Waals surface area contributed by atoms with Gasteiger partial charge in [-0.05, 0) is 43.5 Å². The van der Waals surface area contributed by atoms with Crippen molar-refractivity contribution in [2.45, 2.75) is 44.7 Å². The van der Waals surface area contributed by atoms with E-state index >= 15 is 0 Å². The van der Waals surface area contributed by atoms with E-state index in [1.807, 2.05) is 37.3 Å². The van der Waals surface area contributed by atoms with Crippen molar-refractivity contribution in [2.75, 3.05) is 6.54 Å². The minimum Gasteiger partial charge on any atom is -0.354 e. The summed E-state index contributed by atoms with van der Waals surface area (Å²) in [6.07, 6.45) is 0.793. The lowest BCUT2D eigenvalue weighted by Gasteiger charge is -2.15. The van der Waals surface area contributed by atoms with Crippen LogP contribution < -0.4 is 15.4 Å². The lowest BCUT2D eigenvalue weighted by molar-refractivity contribution is -0.122. The first-order chi connectivity index (χ1) is 13.7. The third-order valence-electron chi connectivity index (χ3n) is 4.34. The monoisotopic (exact) mass is 417 g/mol. The first kappa shape index (κ1) is 22.6. The van der Waals surface area contributed by atoms with Gasteiger partial charge in [-0.3, -0.25) is 9.59 Å². The fourth-order valence-electron chi connectivity index (χ4n) is 2.63. The molecule has 2 amide bonds. The second-order valence-electron chi connectivity index (χ2n) is 6.78. The molecule has 29 heavy (non-hydrogen) atoms. The Morgan fingerprint density at radius 3 is 2.41 bits per heavy atom. The molecular weight excluding hydrogens is 390 g/mol. The molecule has 2 aromatic rings. The van der Waals surface area contributed by atoms with Crippen LogP contribution in [0.3, 0.4) is 0 Å². The standard InChI is InChI=1S/C21H27N3O4S/c1-4-12-22-20(25)16(3)24-21(26)18-11-10-15(2)19(13-18)29(27,28)23-14-17-8-6-5-7-9-17/h5-11,13,16,23H,4,12,14H2,1-3H3,(H,22,25)(H,24,26)/t16-/m0/s1. The summed E-state index contributed by atoms with van der Waals surface area (Å²) in [6.45, 7) is 5.85. The van der Waals surface area contributed by atoms with Crippen molar-refractivity contribution in [1.82, 2.24) is 15.4 Å². The van der Waals surface area contributed by atoms with Gasteiger partial charge in [-0.25, -0.2) is 13.1 Å². The lowest BCUT2D eigenvalue weighted by atomic mass is 10.1. The van der Waals surface area contributed by atoms with Crippen LogP contribution in [0.2, 0.25) is 0 Å². The van der Waals surface area contributed by atoms with Crippen molar-refractivity contribution in [2.24, 2.45) is 0 Å². The normalized spacial score (nSPS) is 12.2. The van der Waals surface area contributed by atoms with E-state index in [9.17, 15) is 18.0 Å². The van der Waals surface area contributed by atoms with Crippen LogP contribution in [0.1, 0.15) is 41.8 Å². The Bertz CT molecular complexity index is 959. The van der Waals surface area contributed by atoms with Crippen molar-refractivity contribution in [1.29, 1.82) is 0 Å². The van der Waals surface area contributed by atoms with Gasteiger partial charge in [-0.2, -0.15) is 0 Å². The van der Waals surface area contributed by atoms with E-state index in [0.717, 1.165) is 12.0 Å². The Kier molecular flexibility index (Phi) is 7.92. The maximum Gasteiger partial charge on any atom is 0.251 e. The lowest BCUT2D eigenvalue weighted by Crippen LogP contribution is -2.45. The molecule has 0 aromatic heterocycles. The van der Waals surface area contributed by atoms with Gasteiger partial charge < -0.3 is 10.6 Å². The van der Waals surface area contributed by atoms with Gasteiger partial charge >= 0.3 is 0 Å². The molecule has 0 aliphatic carbocycles. The van der Waals surface area contributed by atoms with Crippen LogP contribution in [0, 0.1) is 6.92 Å². The second-order valence-corrected chi connectivity index (χ2v) is 8.51. The molecule has 7 nitrogen and oxygen atoms in total. The molecular formula is C21H27N3O4S.